The lowest BCUT2D eigenvalue weighted by molar-refractivity contribution is -0.140. The molecule has 0 radical (unpaired) electrons. The van der Waals surface area contributed by atoms with E-state index in [1.54, 1.807) is 0 Å². The molecule has 0 aromatic heterocycles. The van der Waals surface area contributed by atoms with Crippen molar-refractivity contribution < 1.29 is 40.7 Å². The number of carbonyl (C=O) groups excluding carboxylic acids is 1. The molecule has 0 aliphatic carbocycles. The zero-order chi connectivity index (χ0) is 21.8. The van der Waals surface area contributed by atoms with Crippen molar-refractivity contribution in [1.29, 1.82) is 0 Å². The summed E-state index contributed by atoms with van der Waals surface area (Å²) in [5, 5.41) is 10.6. The maximum Gasteiger partial charge on any atom is 0.419 e. The van der Waals surface area contributed by atoms with E-state index in [0.717, 1.165) is 6.07 Å². The number of hydrogen-bond acceptors (Lipinski definition) is 4. The maximum absolute atomic E-state index is 13.3. The summed E-state index contributed by atoms with van der Waals surface area (Å²) in [6, 6.07) is 6.83. The monoisotopic (exact) mass is 434 g/mol. The second kappa shape index (κ2) is 8.47. The third kappa shape index (κ3) is 6.45. The van der Waals surface area contributed by atoms with E-state index in [0.29, 0.717) is 12.1 Å². The Morgan fingerprint density at radius 3 is 2.21 bits per heavy atom. The van der Waals surface area contributed by atoms with Crippen molar-refractivity contribution in [2.45, 2.75) is 11.9 Å². The average Bonchev–Trinajstić information content (AvgIpc) is 2.60. The van der Waals surface area contributed by atoms with Crippen molar-refractivity contribution in [3.8, 4) is 0 Å². The number of aliphatic carboxylic acids is 1. The van der Waals surface area contributed by atoms with Crippen LogP contribution in [-0.2, 0) is 26.7 Å². The minimum Gasteiger partial charge on any atom is -0.480 e. The van der Waals surface area contributed by atoms with Crippen molar-refractivity contribution in [2.24, 2.45) is 0 Å². The van der Waals surface area contributed by atoms with Crippen LogP contribution in [0.1, 0.15) is 21.5 Å². The van der Waals surface area contributed by atoms with E-state index in [2.05, 4.69) is 5.32 Å². The van der Waals surface area contributed by atoms with Gasteiger partial charge in [0.25, 0.3) is 5.91 Å². The topological polar surface area (TPSA) is 113 Å². The van der Waals surface area contributed by atoms with Gasteiger partial charge in [0.05, 0.1) is 11.3 Å². The zero-order valence-electron chi connectivity index (χ0n) is 14.5. The predicted octanol–water partition coefficient (Wildman–Crippen LogP) is 2.60. The molecule has 0 heterocycles. The molecule has 0 saturated heterocycles. The average molecular weight is 434 g/mol. The smallest absolute Gasteiger partial charge is 0.419 e. The molecule has 2 aromatic carbocycles. The van der Waals surface area contributed by atoms with Gasteiger partial charge in [-0.25, -0.2) is 12.8 Å². The van der Waals surface area contributed by atoms with Crippen LogP contribution in [0.4, 0.5) is 23.2 Å². The van der Waals surface area contributed by atoms with Gasteiger partial charge in [0.1, 0.15) is 12.4 Å². The normalized spacial score (nSPS) is 11.7. The Kier molecular flexibility index (Phi) is 6.47. The van der Waals surface area contributed by atoms with Gasteiger partial charge in [0.2, 0.25) is 10.0 Å². The van der Waals surface area contributed by atoms with E-state index in [4.69, 9.17) is 5.11 Å². The third-order valence-corrected chi connectivity index (χ3v) is 4.78. The van der Waals surface area contributed by atoms with Crippen LogP contribution in [0.15, 0.2) is 42.5 Å². The molecule has 29 heavy (non-hydrogen) atoms. The summed E-state index contributed by atoms with van der Waals surface area (Å²) in [5.74, 6) is -4.06. The standard InChI is InChI=1S/C17H14F4N2O5S/c18-14-6-5-12(7-13(14)17(19,20)21)23-29(27,28)9-10-1-3-11(4-2-10)16(26)22-8-15(24)25/h1-7,23H,8-9H2,(H,22,26)(H,24,25). The van der Waals surface area contributed by atoms with Crippen LogP contribution in [0.25, 0.3) is 0 Å². The van der Waals surface area contributed by atoms with Crippen LogP contribution in [0.2, 0.25) is 0 Å². The van der Waals surface area contributed by atoms with Crippen molar-refractivity contribution >= 4 is 27.6 Å². The van der Waals surface area contributed by atoms with Gasteiger partial charge in [-0.05, 0) is 35.9 Å². The van der Waals surface area contributed by atoms with E-state index in [-0.39, 0.29) is 11.1 Å². The Balaban J connectivity index is 2.10. The molecule has 3 N–H and O–H groups in total. The van der Waals surface area contributed by atoms with Gasteiger partial charge in [-0.15, -0.1) is 0 Å². The molecule has 0 spiro atoms. The maximum atomic E-state index is 13.3. The number of alkyl halides is 3. The van der Waals surface area contributed by atoms with Crippen LogP contribution in [-0.4, -0.2) is 31.9 Å². The van der Waals surface area contributed by atoms with Gasteiger partial charge in [0, 0.05) is 11.3 Å². The molecule has 12 heteroatoms. The van der Waals surface area contributed by atoms with E-state index in [1.165, 1.54) is 24.3 Å². The van der Waals surface area contributed by atoms with Crippen LogP contribution >= 0.6 is 0 Å². The first-order chi connectivity index (χ1) is 13.4. The summed E-state index contributed by atoms with van der Waals surface area (Å²) in [6.45, 7) is -0.587. The summed E-state index contributed by atoms with van der Waals surface area (Å²) in [6.07, 6.45) is -4.98. The summed E-state index contributed by atoms with van der Waals surface area (Å²) < 4.78 is 77.8. The molecule has 1 amide bonds. The number of anilines is 1. The fraction of sp³-hybridized carbons (Fsp3) is 0.176. The molecule has 0 fully saturated rings. The van der Waals surface area contributed by atoms with Crippen molar-refractivity contribution in [1.82, 2.24) is 5.32 Å². The van der Waals surface area contributed by atoms with E-state index in [1.807, 2.05) is 4.72 Å². The highest BCUT2D eigenvalue weighted by molar-refractivity contribution is 7.91. The second-order valence-electron chi connectivity index (χ2n) is 5.83. The summed E-state index contributed by atoms with van der Waals surface area (Å²) >= 11 is 0. The molecule has 0 atom stereocenters. The van der Waals surface area contributed by atoms with Crippen molar-refractivity contribution in [2.75, 3.05) is 11.3 Å². The second-order valence-corrected chi connectivity index (χ2v) is 7.55. The van der Waals surface area contributed by atoms with Gasteiger partial charge in [-0.1, -0.05) is 12.1 Å². The number of nitrogens with one attached hydrogen (secondary N) is 2. The van der Waals surface area contributed by atoms with Gasteiger partial charge in [-0.2, -0.15) is 13.2 Å². The summed E-state index contributed by atoms with van der Waals surface area (Å²) in [7, 11) is -4.14. The number of carboxylic acid groups (broad SMARTS) is 1. The van der Waals surface area contributed by atoms with E-state index >= 15 is 0 Å². The molecule has 2 aromatic rings. The van der Waals surface area contributed by atoms with Crippen LogP contribution < -0.4 is 10.0 Å². The highest BCUT2D eigenvalue weighted by atomic mass is 32.2. The van der Waals surface area contributed by atoms with Crippen molar-refractivity contribution in [3.05, 3.63) is 65.0 Å². The van der Waals surface area contributed by atoms with Gasteiger partial charge in [0.15, 0.2) is 0 Å². The first-order valence-electron chi connectivity index (χ1n) is 7.83. The lowest BCUT2D eigenvalue weighted by Gasteiger charge is -2.12. The highest BCUT2D eigenvalue weighted by Crippen LogP contribution is 2.33. The minimum atomic E-state index is -4.98. The first-order valence-corrected chi connectivity index (χ1v) is 9.49. The molecular weight excluding hydrogens is 420 g/mol. The Labute approximate surface area is 162 Å². The number of carbonyl (C=O) groups is 2. The van der Waals surface area contributed by atoms with Crippen LogP contribution in [0.3, 0.4) is 0 Å². The zero-order valence-corrected chi connectivity index (χ0v) is 15.3. The molecule has 2 rings (SSSR count). The third-order valence-electron chi connectivity index (χ3n) is 3.52. The van der Waals surface area contributed by atoms with E-state index in [9.17, 15) is 35.6 Å². The number of benzene rings is 2. The Hall–Kier alpha value is -3.15. The number of halogens is 4. The summed E-state index contributed by atoms with van der Waals surface area (Å²) in [5.41, 5.74) is -1.75. The SMILES string of the molecule is O=C(O)CNC(=O)c1ccc(CS(=O)(=O)Nc2ccc(F)c(C(F)(F)F)c2)cc1. The Morgan fingerprint density at radius 2 is 1.66 bits per heavy atom. The first kappa shape index (κ1) is 22.1. The van der Waals surface area contributed by atoms with Crippen LogP contribution in [0, 0.1) is 5.82 Å². The molecule has 0 aliphatic heterocycles. The Morgan fingerprint density at radius 1 is 1.03 bits per heavy atom. The molecule has 0 unspecified atom stereocenters. The number of rotatable bonds is 7. The number of carboxylic acids is 1. The highest BCUT2D eigenvalue weighted by Gasteiger charge is 2.34. The predicted molar refractivity (Wildman–Crippen MR) is 94.1 cm³/mol. The Bertz CT molecular complexity index is 1020. The molecule has 7 nitrogen and oxygen atoms in total. The quantitative estimate of drug-likeness (QED) is 0.580. The lowest BCUT2D eigenvalue weighted by Crippen LogP contribution is -2.29. The number of hydrogen-bond donors (Lipinski definition) is 3. The molecule has 156 valence electrons. The molecular formula is C17H14F4N2O5S. The number of sulfonamides is 1. The van der Waals surface area contributed by atoms with Gasteiger partial charge in [-0.3, -0.25) is 14.3 Å². The minimum absolute atomic E-state index is 0.0914. The summed E-state index contributed by atoms with van der Waals surface area (Å²) in [4.78, 5) is 22.1. The van der Waals surface area contributed by atoms with Gasteiger partial charge >= 0.3 is 12.1 Å². The molecule has 0 bridgehead atoms. The van der Waals surface area contributed by atoms with Crippen molar-refractivity contribution in [3.63, 3.8) is 0 Å². The molecule has 0 aliphatic rings. The fourth-order valence-corrected chi connectivity index (χ4v) is 3.44. The van der Waals surface area contributed by atoms with Gasteiger partial charge < -0.3 is 10.4 Å². The lowest BCUT2D eigenvalue weighted by atomic mass is 10.1. The van der Waals surface area contributed by atoms with E-state index < -0.39 is 57.4 Å². The fourth-order valence-electron chi connectivity index (χ4n) is 2.25. The molecule has 0 saturated carbocycles. The number of amides is 1. The van der Waals surface area contributed by atoms with Crippen LogP contribution in [0.5, 0.6) is 0 Å². The largest absolute Gasteiger partial charge is 0.480 e.